The molecule has 1 heterocycles. The van der Waals surface area contributed by atoms with Crippen LogP contribution in [-0.4, -0.2) is 22.0 Å². The van der Waals surface area contributed by atoms with E-state index in [1.54, 1.807) is 12.4 Å². The maximum Gasteiger partial charge on any atom is 0.189 e. The van der Waals surface area contributed by atoms with Crippen molar-refractivity contribution in [1.29, 1.82) is 0 Å². The van der Waals surface area contributed by atoms with Crippen LogP contribution in [0.5, 0.6) is 0 Å². The minimum atomic E-state index is 0.485. The highest BCUT2D eigenvalue weighted by Gasteiger charge is 2.21. The molecule has 0 bridgehead atoms. The number of aromatic nitrogens is 2. The van der Waals surface area contributed by atoms with Crippen molar-refractivity contribution in [2.24, 2.45) is 10.7 Å². The number of nitrogens with zero attached hydrogens (tertiary/aromatic N) is 3. The molecule has 0 atom stereocenters. The summed E-state index contributed by atoms with van der Waals surface area (Å²) in [6, 6.07) is 0.540. The van der Waals surface area contributed by atoms with Gasteiger partial charge in [-0.2, -0.15) is 0 Å². The maximum absolute atomic E-state index is 5.68. The van der Waals surface area contributed by atoms with Crippen molar-refractivity contribution in [3.8, 4) is 0 Å². The molecule has 15 heavy (non-hydrogen) atoms. The van der Waals surface area contributed by atoms with Crippen LogP contribution < -0.4 is 11.1 Å². The zero-order chi connectivity index (χ0) is 10.7. The van der Waals surface area contributed by atoms with Gasteiger partial charge >= 0.3 is 0 Å². The number of nitrogens with two attached hydrogens (primary N) is 1. The molecule has 1 aromatic rings. The number of hydrogen-bond acceptors (Lipinski definition) is 3. The Kier molecular flexibility index (Phi) is 2.80. The van der Waals surface area contributed by atoms with E-state index < -0.39 is 0 Å². The van der Waals surface area contributed by atoms with E-state index in [0.29, 0.717) is 18.5 Å². The van der Waals surface area contributed by atoms with Crippen LogP contribution in [0.1, 0.15) is 24.2 Å². The van der Waals surface area contributed by atoms with Crippen molar-refractivity contribution in [1.82, 2.24) is 15.3 Å². The van der Waals surface area contributed by atoms with Crippen molar-refractivity contribution in [3.63, 3.8) is 0 Å². The van der Waals surface area contributed by atoms with E-state index in [1.807, 2.05) is 6.92 Å². The summed E-state index contributed by atoms with van der Waals surface area (Å²) in [6.45, 7) is 2.39. The summed E-state index contributed by atoms with van der Waals surface area (Å²) in [4.78, 5) is 12.5. The number of guanidine groups is 1. The molecule has 0 saturated heterocycles. The third kappa shape index (κ3) is 3.19. The van der Waals surface area contributed by atoms with Crippen molar-refractivity contribution in [2.45, 2.75) is 32.4 Å². The fraction of sp³-hybridized carbons (Fsp3) is 0.500. The van der Waals surface area contributed by atoms with Crippen molar-refractivity contribution >= 4 is 5.96 Å². The number of nitrogens with one attached hydrogen (secondary N) is 1. The van der Waals surface area contributed by atoms with E-state index in [2.05, 4.69) is 20.3 Å². The summed E-state index contributed by atoms with van der Waals surface area (Å²) in [6.07, 6.45) is 5.85. The summed E-state index contributed by atoms with van der Waals surface area (Å²) >= 11 is 0. The van der Waals surface area contributed by atoms with Gasteiger partial charge in [0.2, 0.25) is 0 Å². The van der Waals surface area contributed by atoms with E-state index >= 15 is 0 Å². The molecule has 0 aliphatic heterocycles. The average molecular weight is 205 g/mol. The third-order valence-electron chi connectivity index (χ3n) is 2.18. The molecular formula is C10H15N5. The Hall–Kier alpha value is -1.65. The lowest BCUT2D eigenvalue weighted by molar-refractivity contribution is 0.867. The lowest BCUT2D eigenvalue weighted by Gasteiger charge is -2.02. The molecule has 1 aromatic heterocycles. The van der Waals surface area contributed by atoms with Gasteiger partial charge in [-0.1, -0.05) is 0 Å². The molecule has 1 saturated carbocycles. The molecule has 80 valence electrons. The highest BCUT2D eigenvalue weighted by atomic mass is 15.1. The van der Waals surface area contributed by atoms with Gasteiger partial charge in [-0.25, -0.2) is 4.99 Å². The number of hydrogen-bond donors (Lipinski definition) is 2. The Labute approximate surface area is 88.8 Å². The summed E-state index contributed by atoms with van der Waals surface area (Å²) < 4.78 is 0. The molecule has 5 heteroatoms. The van der Waals surface area contributed by atoms with Gasteiger partial charge in [0.1, 0.15) is 0 Å². The zero-order valence-electron chi connectivity index (χ0n) is 8.77. The van der Waals surface area contributed by atoms with Gasteiger partial charge in [-0.3, -0.25) is 9.97 Å². The van der Waals surface area contributed by atoms with Crippen LogP contribution >= 0.6 is 0 Å². The van der Waals surface area contributed by atoms with Crippen molar-refractivity contribution < 1.29 is 0 Å². The Morgan fingerprint density at radius 3 is 2.93 bits per heavy atom. The first kappa shape index (κ1) is 9.89. The lowest BCUT2D eigenvalue weighted by Crippen LogP contribution is -2.33. The molecule has 0 spiro atoms. The monoisotopic (exact) mass is 205 g/mol. The quantitative estimate of drug-likeness (QED) is 0.551. The Balaban J connectivity index is 1.87. The van der Waals surface area contributed by atoms with Gasteiger partial charge in [0.05, 0.1) is 24.1 Å². The SMILES string of the molecule is Cc1cnc(CN=C(N)NC2CC2)cn1. The molecule has 0 unspecified atom stereocenters. The number of aryl methyl sites for hydroxylation is 1. The highest BCUT2D eigenvalue weighted by Crippen LogP contribution is 2.17. The Bertz CT molecular complexity index is 353. The molecule has 0 amide bonds. The molecule has 2 rings (SSSR count). The predicted octanol–water partition coefficient (Wildman–Crippen LogP) is 0.352. The van der Waals surface area contributed by atoms with Gasteiger partial charge in [0, 0.05) is 12.2 Å². The molecule has 1 fully saturated rings. The minimum absolute atomic E-state index is 0.485. The van der Waals surface area contributed by atoms with Crippen LogP contribution in [0.4, 0.5) is 0 Å². The highest BCUT2D eigenvalue weighted by molar-refractivity contribution is 5.78. The summed E-state index contributed by atoms with van der Waals surface area (Å²) in [7, 11) is 0. The van der Waals surface area contributed by atoms with Crippen LogP contribution in [-0.2, 0) is 6.54 Å². The first-order chi connectivity index (χ1) is 7.24. The molecule has 1 aliphatic rings. The van der Waals surface area contributed by atoms with Crippen molar-refractivity contribution in [2.75, 3.05) is 0 Å². The number of rotatable bonds is 3. The molecule has 5 nitrogen and oxygen atoms in total. The smallest absolute Gasteiger partial charge is 0.189 e. The van der Waals surface area contributed by atoms with E-state index in [1.165, 1.54) is 12.8 Å². The third-order valence-corrected chi connectivity index (χ3v) is 2.18. The first-order valence-electron chi connectivity index (χ1n) is 5.08. The van der Waals surface area contributed by atoms with E-state index in [9.17, 15) is 0 Å². The van der Waals surface area contributed by atoms with Crippen LogP contribution in [0, 0.1) is 6.92 Å². The zero-order valence-corrected chi connectivity index (χ0v) is 8.77. The standard InChI is InChI=1S/C10H15N5/c1-7-4-13-9(5-12-7)6-14-10(11)15-8-2-3-8/h4-5,8H,2-3,6H2,1H3,(H3,11,14,15). The molecule has 0 radical (unpaired) electrons. The van der Waals surface area contributed by atoms with Crippen LogP contribution in [0.2, 0.25) is 0 Å². The summed E-state index contributed by atoms with van der Waals surface area (Å²) in [5.74, 6) is 0.500. The van der Waals surface area contributed by atoms with Gasteiger partial charge in [0.15, 0.2) is 5.96 Å². The van der Waals surface area contributed by atoms with E-state index in [4.69, 9.17) is 5.73 Å². The summed E-state index contributed by atoms with van der Waals surface area (Å²) in [5.41, 5.74) is 7.43. The Morgan fingerprint density at radius 2 is 2.33 bits per heavy atom. The second kappa shape index (κ2) is 4.25. The van der Waals surface area contributed by atoms with Gasteiger partial charge in [0.25, 0.3) is 0 Å². The minimum Gasteiger partial charge on any atom is -0.370 e. The normalized spacial score (nSPS) is 16.5. The fourth-order valence-corrected chi connectivity index (χ4v) is 1.15. The van der Waals surface area contributed by atoms with Gasteiger partial charge in [-0.15, -0.1) is 0 Å². The Morgan fingerprint density at radius 1 is 1.53 bits per heavy atom. The maximum atomic E-state index is 5.68. The lowest BCUT2D eigenvalue weighted by atomic mass is 10.4. The predicted molar refractivity (Wildman–Crippen MR) is 58.3 cm³/mol. The molecular weight excluding hydrogens is 190 g/mol. The molecule has 1 aliphatic carbocycles. The molecule has 0 aromatic carbocycles. The van der Waals surface area contributed by atoms with Crippen molar-refractivity contribution in [3.05, 3.63) is 23.8 Å². The first-order valence-corrected chi connectivity index (χ1v) is 5.08. The van der Waals surface area contributed by atoms with Gasteiger partial charge < -0.3 is 11.1 Å². The van der Waals surface area contributed by atoms with E-state index in [-0.39, 0.29) is 0 Å². The van der Waals surface area contributed by atoms with Crippen LogP contribution in [0.3, 0.4) is 0 Å². The van der Waals surface area contributed by atoms with Crippen LogP contribution in [0.25, 0.3) is 0 Å². The van der Waals surface area contributed by atoms with E-state index in [0.717, 1.165) is 11.4 Å². The second-order valence-electron chi connectivity index (χ2n) is 3.77. The van der Waals surface area contributed by atoms with Crippen LogP contribution in [0.15, 0.2) is 17.4 Å². The topological polar surface area (TPSA) is 76.2 Å². The second-order valence-corrected chi connectivity index (χ2v) is 3.77. The largest absolute Gasteiger partial charge is 0.370 e. The average Bonchev–Trinajstić information content (AvgIpc) is 3.01. The molecule has 3 N–H and O–H groups in total. The van der Waals surface area contributed by atoms with Gasteiger partial charge in [-0.05, 0) is 19.8 Å². The number of aliphatic imine (C=N–C) groups is 1. The summed E-state index contributed by atoms with van der Waals surface area (Å²) in [5, 5.41) is 3.12. The fourth-order valence-electron chi connectivity index (χ4n) is 1.15.